The summed E-state index contributed by atoms with van der Waals surface area (Å²) in [7, 11) is 0. The Kier molecular flexibility index (Phi) is 10.8. The van der Waals surface area contributed by atoms with Crippen molar-refractivity contribution in [2.24, 2.45) is 5.73 Å². The van der Waals surface area contributed by atoms with Crippen LogP contribution in [0.1, 0.15) is 36.9 Å². The van der Waals surface area contributed by atoms with Gasteiger partial charge in [-0.2, -0.15) is 0 Å². The molecular formula is C10H19Cl2N3OS. The van der Waals surface area contributed by atoms with Crippen molar-refractivity contribution < 1.29 is 4.79 Å². The molecule has 4 nitrogen and oxygen atoms in total. The Balaban J connectivity index is 0. The summed E-state index contributed by atoms with van der Waals surface area (Å²) in [5.74, 6) is 0.425. The van der Waals surface area contributed by atoms with Gasteiger partial charge in [-0.25, -0.2) is 4.98 Å². The highest BCUT2D eigenvalue weighted by Gasteiger charge is 2.06. The Labute approximate surface area is 118 Å². The number of hydrogen-bond donors (Lipinski definition) is 2. The molecule has 0 saturated carbocycles. The molecule has 0 aliphatic carbocycles. The molecule has 1 aromatic heterocycles. The number of nitrogens with two attached hydrogens (primary N) is 1. The quantitative estimate of drug-likeness (QED) is 0.875. The summed E-state index contributed by atoms with van der Waals surface area (Å²) >= 11 is 1.58. The Morgan fingerprint density at radius 2 is 2.18 bits per heavy atom. The van der Waals surface area contributed by atoms with Crippen LogP contribution in [0.3, 0.4) is 0 Å². The number of thiazole rings is 1. The molecule has 0 spiro atoms. The van der Waals surface area contributed by atoms with Crippen LogP contribution in [0.5, 0.6) is 0 Å². The first-order chi connectivity index (χ1) is 7.13. The van der Waals surface area contributed by atoms with Gasteiger partial charge in [0.2, 0.25) is 5.91 Å². The summed E-state index contributed by atoms with van der Waals surface area (Å²) in [6.07, 6.45) is 0.377. The van der Waals surface area contributed by atoms with Gasteiger partial charge in [0, 0.05) is 18.3 Å². The molecule has 0 unspecified atom stereocenters. The van der Waals surface area contributed by atoms with Crippen molar-refractivity contribution in [3.05, 3.63) is 16.1 Å². The van der Waals surface area contributed by atoms with Gasteiger partial charge < -0.3 is 11.1 Å². The second-order valence-corrected chi connectivity index (χ2v) is 4.58. The third-order valence-corrected chi connectivity index (χ3v) is 2.84. The molecule has 0 aromatic carbocycles. The highest BCUT2D eigenvalue weighted by Crippen LogP contribution is 2.17. The summed E-state index contributed by atoms with van der Waals surface area (Å²) in [5, 5.41) is 5.77. The van der Waals surface area contributed by atoms with E-state index in [-0.39, 0.29) is 30.7 Å². The molecule has 0 saturated heterocycles. The number of amides is 1. The number of carbonyl (C=O) groups is 1. The molecule has 1 aromatic rings. The number of carbonyl (C=O) groups excluding carboxylic acids is 1. The maximum absolute atomic E-state index is 11.1. The van der Waals surface area contributed by atoms with Crippen LogP contribution in [0.15, 0.2) is 5.38 Å². The van der Waals surface area contributed by atoms with Gasteiger partial charge in [-0.15, -0.1) is 36.2 Å². The molecule has 1 amide bonds. The van der Waals surface area contributed by atoms with E-state index in [1.165, 1.54) is 0 Å². The molecule has 1 rings (SSSR count). The van der Waals surface area contributed by atoms with E-state index in [2.05, 4.69) is 24.1 Å². The molecule has 7 heteroatoms. The van der Waals surface area contributed by atoms with E-state index in [9.17, 15) is 4.79 Å². The lowest BCUT2D eigenvalue weighted by atomic mass is 10.2. The molecule has 0 bridgehead atoms. The fourth-order valence-electron chi connectivity index (χ4n) is 1.07. The number of rotatable bonds is 5. The zero-order valence-electron chi connectivity index (χ0n) is 9.93. The first-order valence-corrected chi connectivity index (χ1v) is 5.92. The summed E-state index contributed by atoms with van der Waals surface area (Å²) in [6.45, 7) is 5.11. The van der Waals surface area contributed by atoms with Gasteiger partial charge in [-0.3, -0.25) is 4.79 Å². The minimum Gasteiger partial charge on any atom is -0.350 e. The predicted octanol–water partition coefficient (Wildman–Crippen LogP) is 2.08. The molecule has 0 fully saturated rings. The molecule has 3 N–H and O–H groups in total. The van der Waals surface area contributed by atoms with Crippen molar-refractivity contribution in [3.63, 3.8) is 0 Å². The van der Waals surface area contributed by atoms with Crippen LogP contribution < -0.4 is 11.1 Å². The summed E-state index contributed by atoms with van der Waals surface area (Å²) in [5.41, 5.74) is 6.35. The van der Waals surface area contributed by atoms with Crippen LogP contribution in [0.2, 0.25) is 0 Å². The summed E-state index contributed by atoms with van der Waals surface area (Å²) < 4.78 is 0. The summed E-state index contributed by atoms with van der Waals surface area (Å²) in [4.78, 5) is 15.6. The monoisotopic (exact) mass is 299 g/mol. The first-order valence-electron chi connectivity index (χ1n) is 5.04. The van der Waals surface area contributed by atoms with Crippen LogP contribution in [-0.4, -0.2) is 17.4 Å². The molecule has 100 valence electrons. The zero-order valence-corrected chi connectivity index (χ0v) is 12.4. The lowest BCUT2D eigenvalue weighted by Gasteiger charge is -2.01. The molecule has 17 heavy (non-hydrogen) atoms. The highest BCUT2D eigenvalue weighted by molar-refractivity contribution is 7.09. The maximum atomic E-state index is 11.1. The van der Waals surface area contributed by atoms with Gasteiger partial charge >= 0.3 is 0 Å². The average Bonchev–Trinajstić information content (AvgIpc) is 2.63. The fourth-order valence-corrected chi connectivity index (χ4v) is 1.96. The van der Waals surface area contributed by atoms with Crippen LogP contribution >= 0.6 is 36.2 Å². The number of halogens is 2. The van der Waals surface area contributed by atoms with E-state index in [0.29, 0.717) is 25.4 Å². The van der Waals surface area contributed by atoms with E-state index < -0.39 is 0 Å². The summed E-state index contributed by atoms with van der Waals surface area (Å²) in [6, 6.07) is 0. The van der Waals surface area contributed by atoms with Gasteiger partial charge in [0.15, 0.2) is 0 Å². The van der Waals surface area contributed by atoms with Crippen LogP contribution in [-0.2, 0) is 11.3 Å². The predicted molar refractivity (Wildman–Crippen MR) is 76.2 cm³/mol. The molecule has 1 heterocycles. The minimum absolute atomic E-state index is 0. The molecule has 0 radical (unpaired) electrons. The normalized spacial score (nSPS) is 9.41. The lowest BCUT2D eigenvalue weighted by Crippen LogP contribution is -2.24. The van der Waals surface area contributed by atoms with Gasteiger partial charge in [0.05, 0.1) is 12.2 Å². The Morgan fingerprint density at radius 3 is 2.65 bits per heavy atom. The number of hydrogen-bond acceptors (Lipinski definition) is 4. The Morgan fingerprint density at radius 1 is 1.53 bits per heavy atom. The number of nitrogens with one attached hydrogen (secondary N) is 1. The smallest absolute Gasteiger partial charge is 0.221 e. The van der Waals surface area contributed by atoms with Crippen LogP contribution in [0.25, 0.3) is 0 Å². The molecule has 0 atom stereocenters. The Bertz CT molecular complexity index is 331. The standard InChI is InChI=1S/C10H17N3OS.2ClH/c1-7(2)8-6-15-10(13-8)5-12-9(14)3-4-11;;/h6-7H,3-5,11H2,1-2H3,(H,12,14);2*1H. The van der Waals surface area contributed by atoms with Crippen molar-refractivity contribution in [2.45, 2.75) is 32.7 Å². The minimum atomic E-state index is -0.0150. The SMILES string of the molecule is CC(C)c1csc(CNC(=O)CCN)n1.Cl.Cl. The van der Waals surface area contributed by atoms with E-state index in [1.54, 1.807) is 11.3 Å². The number of aromatic nitrogens is 1. The lowest BCUT2D eigenvalue weighted by molar-refractivity contribution is -0.121. The molecule has 0 aliphatic rings. The van der Waals surface area contributed by atoms with Gasteiger partial charge in [0.1, 0.15) is 5.01 Å². The van der Waals surface area contributed by atoms with E-state index in [1.807, 2.05) is 5.38 Å². The third kappa shape index (κ3) is 6.83. The van der Waals surface area contributed by atoms with Crippen LogP contribution in [0, 0.1) is 0 Å². The van der Waals surface area contributed by atoms with Gasteiger partial charge in [0.25, 0.3) is 0 Å². The maximum Gasteiger partial charge on any atom is 0.221 e. The second-order valence-electron chi connectivity index (χ2n) is 3.64. The number of nitrogens with zero attached hydrogens (tertiary/aromatic N) is 1. The second kappa shape index (κ2) is 9.65. The van der Waals surface area contributed by atoms with E-state index >= 15 is 0 Å². The average molecular weight is 300 g/mol. The van der Waals surface area contributed by atoms with Gasteiger partial charge in [-0.1, -0.05) is 13.8 Å². The van der Waals surface area contributed by atoms with Crippen molar-refractivity contribution in [3.8, 4) is 0 Å². The van der Waals surface area contributed by atoms with E-state index in [0.717, 1.165) is 10.7 Å². The largest absolute Gasteiger partial charge is 0.350 e. The fraction of sp³-hybridized carbons (Fsp3) is 0.600. The van der Waals surface area contributed by atoms with Gasteiger partial charge in [-0.05, 0) is 5.92 Å². The van der Waals surface area contributed by atoms with Crippen molar-refractivity contribution in [1.29, 1.82) is 0 Å². The molecular weight excluding hydrogens is 281 g/mol. The third-order valence-electron chi connectivity index (χ3n) is 1.97. The zero-order chi connectivity index (χ0) is 11.3. The van der Waals surface area contributed by atoms with Crippen LogP contribution in [0.4, 0.5) is 0 Å². The first kappa shape index (κ1) is 19.0. The van der Waals surface area contributed by atoms with E-state index in [4.69, 9.17) is 5.73 Å². The Hall–Kier alpha value is -0.360. The van der Waals surface area contributed by atoms with Crippen molar-refractivity contribution in [1.82, 2.24) is 10.3 Å². The molecule has 0 aliphatic heterocycles. The van der Waals surface area contributed by atoms with Crippen molar-refractivity contribution >= 4 is 42.1 Å². The van der Waals surface area contributed by atoms with Crippen molar-refractivity contribution in [2.75, 3.05) is 6.54 Å². The highest BCUT2D eigenvalue weighted by atomic mass is 35.5. The topological polar surface area (TPSA) is 68.0 Å².